The molecule has 0 spiro atoms. The second-order valence-corrected chi connectivity index (χ2v) is 7.51. The van der Waals surface area contributed by atoms with E-state index >= 15 is 0 Å². The second-order valence-electron chi connectivity index (χ2n) is 6.65. The molecule has 2 heterocycles. The van der Waals surface area contributed by atoms with E-state index in [-0.39, 0.29) is 11.9 Å². The van der Waals surface area contributed by atoms with Crippen LogP contribution >= 0.6 is 15.9 Å². The van der Waals surface area contributed by atoms with E-state index in [1.165, 1.54) is 11.6 Å². The SMILES string of the molecule is CC[C@H](c1ccccc1)N(C)c1cc(-c2ccccc2F)nc2c(Br)cnn12. The van der Waals surface area contributed by atoms with Gasteiger partial charge in [0.15, 0.2) is 5.65 Å². The molecule has 0 aliphatic heterocycles. The molecule has 0 saturated carbocycles. The van der Waals surface area contributed by atoms with Gasteiger partial charge in [0.05, 0.1) is 22.4 Å². The van der Waals surface area contributed by atoms with E-state index in [4.69, 9.17) is 0 Å². The molecule has 1 atom stereocenters. The minimum atomic E-state index is -0.293. The Bertz CT molecular complexity index is 1110. The van der Waals surface area contributed by atoms with Crippen LogP contribution in [0.15, 0.2) is 71.3 Å². The van der Waals surface area contributed by atoms with Crippen molar-refractivity contribution >= 4 is 27.4 Å². The van der Waals surface area contributed by atoms with Crippen LogP contribution < -0.4 is 4.90 Å². The van der Waals surface area contributed by atoms with Crippen molar-refractivity contribution in [2.45, 2.75) is 19.4 Å². The fourth-order valence-corrected chi connectivity index (χ4v) is 3.89. The fourth-order valence-electron chi connectivity index (χ4n) is 3.55. The summed E-state index contributed by atoms with van der Waals surface area (Å²) < 4.78 is 17.0. The average molecular weight is 439 g/mol. The molecule has 2 aromatic heterocycles. The molecule has 0 aliphatic rings. The molecule has 0 saturated heterocycles. The van der Waals surface area contributed by atoms with Gasteiger partial charge in [0.1, 0.15) is 11.6 Å². The molecule has 142 valence electrons. The van der Waals surface area contributed by atoms with E-state index in [0.29, 0.717) is 16.9 Å². The number of benzene rings is 2. The molecule has 0 unspecified atom stereocenters. The van der Waals surface area contributed by atoms with Crippen LogP contribution in [0.25, 0.3) is 16.9 Å². The number of halogens is 2. The summed E-state index contributed by atoms with van der Waals surface area (Å²) in [6, 6.07) is 19.1. The minimum absolute atomic E-state index is 0.156. The third-order valence-electron chi connectivity index (χ3n) is 4.96. The first-order chi connectivity index (χ1) is 13.6. The molecule has 4 rings (SSSR count). The highest BCUT2D eigenvalue weighted by Crippen LogP contribution is 2.33. The first kappa shape index (κ1) is 18.6. The molecule has 2 aromatic carbocycles. The van der Waals surface area contributed by atoms with Crippen molar-refractivity contribution in [1.29, 1.82) is 0 Å². The number of nitrogens with zero attached hydrogens (tertiary/aromatic N) is 4. The summed E-state index contributed by atoms with van der Waals surface area (Å²) in [5.74, 6) is 0.559. The number of rotatable bonds is 5. The highest BCUT2D eigenvalue weighted by atomic mass is 79.9. The first-order valence-corrected chi connectivity index (χ1v) is 9.96. The molecule has 0 fully saturated rings. The van der Waals surface area contributed by atoms with Gasteiger partial charge < -0.3 is 4.90 Å². The molecule has 4 nitrogen and oxygen atoms in total. The van der Waals surface area contributed by atoms with Crippen molar-refractivity contribution in [3.63, 3.8) is 0 Å². The van der Waals surface area contributed by atoms with Crippen LogP contribution in [0.5, 0.6) is 0 Å². The molecule has 0 N–H and O–H groups in total. The van der Waals surface area contributed by atoms with Crippen LogP contribution in [0, 0.1) is 5.82 Å². The quantitative estimate of drug-likeness (QED) is 0.389. The zero-order valence-corrected chi connectivity index (χ0v) is 17.3. The number of aromatic nitrogens is 3. The Kier molecular flexibility index (Phi) is 5.13. The Morgan fingerprint density at radius 3 is 2.54 bits per heavy atom. The van der Waals surface area contributed by atoms with E-state index in [1.807, 2.05) is 37.4 Å². The Morgan fingerprint density at radius 2 is 1.82 bits per heavy atom. The number of hydrogen-bond acceptors (Lipinski definition) is 3. The van der Waals surface area contributed by atoms with Crippen LogP contribution in [-0.4, -0.2) is 21.6 Å². The lowest BCUT2D eigenvalue weighted by molar-refractivity contribution is 0.628. The van der Waals surface area contributed by atoms with Gasteiger partial charge in [-0.3, -0.25) is 0 Å². The summed E-state index contributed by atoms with van der Waals surface area (Å²) in [5.41, 5.74) is 2.93. The summed E-state index contributed by atoms with van der Waals surface area (Å²) in [6.45, 7) is 2.16. The van der Waals surface area contributed by atoms with Gasteiger partial charge in [0.2, 0.25) is 0 Å². The predicted molar refractivity (Wildman–Crippen MR) is 114 cm³/mol. The minimum Gasteiger partial charge on any atom is -0.352 e. The smallest absolute Gasteiger partial charge is 0.172 e. The molecule has 0 radical (unpaired) electrons. The largest absolute Gasteiger partial charge is 0.352 e. The summed E-state index contributed by atoms with van der Waals surface area (Å²) in [5, 5.41) is 4.48. The lowest BCUT2D eigenvalue weighted by Crippen LogP contribution is -2.26. The van der Waals surface area contributed by atoms with E-state index in [9.17, 15) is 4.39 Å². The van der Waals surface area contributed by atoms with Crippen molar-refractivity contribution in [2.24, 2.45) is 0 Å². The number of fused-ring (bicyclic) bond motifs is 1. The molecule has 28 heavy (non-hydrogen) atoms. The van der Waals surface area contributed by atoms with Gasteiger partial charge in [-0.25, -0.2) is 9.37 Å². The van der Waals surface area contributed by atoms with E-state index in [0.717, 1.165) is 16.7 Å². The Labute approximate surface area is 171 Å². The highest BCUT2D eigenvalue weighted by molar-refractivity contribution is 9.10. The van der Waals surface area contributed by atoms with Gasteiger partial charge in [-0.05, 0) is 40.0 Å². The van der Waals surface area contributed by atoms with Crippen LogP contribution in [-0.2, 0) is 0 Å². The normalized spacial score (nSPS) is 12.3. The van der Waals surface area contributed by atoms with Crippen LogP contribution in [0.4, 0.5) is 10.2 Å². The predicted octanol–water partition coefficient (Wildman–Crippen LogP) is 5.89. The third kappa shape index (κ3) is 3.29. The van der Waals surface area contributed by atoms with Gasteiger partial charge in [-0.15, -0.1) is 0 Å². The monoisotopic (exact) mass is 438 g/mol. The Hall–Kier alpha value is -2.73. The van der Waals surface area contributed by atoms with E-state index in [1.54, 1.807) is 22.8 Å². The molecule has 0 aliphatic carbocycles. The number of anilines is 1. The molecule has 6 heteroatoms. The van der Waals surface area contributed by atoms with Crippen LogP contribution in [0.3, 0.4) is 0 Å². The summed E-state index contributed by atoms with van der Waals surface area (Å²) in [6.07, 6.45) is 2.63. The highest BCUT2D eigenvalue weighted by Gasteiger charge is 2.21. The maximum atomic E-state index is 14.4. The first-order valence-electron chi connectivity index (χ1n) is 9.17. The molecule has 0 amide bonds. The van der Waals surface area contributed by atoms with Gasteiger partial charge in [-0.2, -0.15) is 9.61 Å². The third-order valence-corrected chi connectivity index (χ3v) is 5.52. The lowest BCUT2D eigenvalue weighted by atomic mass is 10.0. The molecule has 0 bridgehead atoms. The maximum absolute atomic E-state index is 14.4. The zero-order chi connectivity index (χ0) is 19.7. The van der Waals surface area contributed by atoms with Gasteiger partial charge in [0, 0.05) is 18.7 Å². The molecular weight excluding hydrogens is 419 g/mol. The summed E-state index contributed by atoms with van der Waals surface area (Å²) in [7, 11) is 2.04. The average Bonchev–Trinajstić information content (AvgIpc) is 3.10. The van der Waals surface area contributed by atoms with Gasteiger partial charge >= 0.3 is 0 Å². The van der Waals surface area contributed by atoms with Crippen molar-refractivity contribution in [3.8, 4) is 11.3 Å². The molecular formula is C22H20BrFN4. The lowest BCUT2D eigenvalue weighted by Gasteiger charge is -2.30. The maximum Gasteiger partial charge on any atom is 0.172 e. The van der Waals surface area contributed by atoms with Crippen LogP contribution in [0.1, 0.15) is 24.9 Å². The van der Waals surface area contributed by atoms with Crippen molar-refractivity contribution in [3.05, 3.63) is 82.7 Å². The number of hydrogen-bond donors (Lipinski definition) is 0. The topological polar surface area (TPSA) is 33.4 Å². The second kappa shape index (κ2) is 7.72. The Morgan fingerprint density at radius 1 is 1.11 bits per heavy atom. The summed E-state index contributed by atoms with van der Waals surface area (Å²) in [4.78, 5) is 6.83. The standard InChI is InChI=1S/C22H20BrFN4/c1-3-20(15-9-5-4-6-10-15)27(2)21-13-19(16-11-7-8-12-18(16)24)26-22-17(23)14-25-28(21)22/h4-14,20H,3H2,1-2H3/t20-/m1/s1. The van der Waals surface area contributed by atoms with Crippen molar-refractivity contribution < 1.29 is 4.39 Å². The van der Waals surface area contributed by atoms with Crippen LogP contribution in [0.2, 0.25) is 0 Å². The fraction of sp³-hybridized carbons (Fsp3) is 0.182. The van der Waals surface area contributed by atoms with Crippen molar-refractivity contribution in [2.75, 3.05) is 11.9 Å². The summed E-state index contributed by atoms with van der Waals surface area (Å²) >= 11 is 3.52. The van der Waals surface area contributed by atoms with Gasteiger partial charge in [-0.1, -0.05) is 49.4 Å². The van der Waals surface area contributed by atoms with Gasteiger partial charge in [0.25, 0.3) is 0 Å². The van der Waals surface area contributed by atoms with E-state index < -0.39 is 0 Å². The Balaban J connectivity index is 1.89. The van der Waals surface area contributed by atoms with Crippen molar-refractivity contribution in [1.82, 2.24) is 14.6 Å². The zero-order valence-electron chi connectivity index (χ0n) is 15.7. The molecule has 4 aromatic rings. The van der Waals surface area contributed by atoms with E-state index in [2.05, 4.69) is 50.0 Å².